The zero-order chi connectivity index (χ0) is 23.5. The highest BCUT2D eigenvalue weighted by molar-refractivity contribution is 6.03. The van der Waals surface area contributed by atoms with Gasteiger partial charge in [0.2, 0.25) is 0 Å². The molecule has 0 bridgehead atoms. The van der Waals surface area contributed by atoms with Gasteiger partial charge in [0.15, 0.2) is 5.41 Å². The molecule has 1 aliphatic carbocycles. The van der Waals surface area contributed by atoms with Gasteiger partial charge < -0.3 is 14.6 Å². The molecule has 0 aliphatic heterocycles. The summed E-state index contributed by atoms with van der Waals surface area (Å²) < 4.78 is 10.6. The Hall–Kier alpha value is -3.18. The third kappa shape index (κ3) is 4.26. The highest BCUT2D eigenvalue weighted by atomic mass is 16.6. The topological polar surface area (TPSA) is 72.8 Å². The SMILES string of the molecule is C=C(C)C1=CC(C(=O)OCC)(C(=O)OCC)C[C@H]([C@H](O)c2ccc3ccccc3c2)C1=C. The van der Waals surface area contributed by atoms with Gasteiger partial charge in [-0.25, -0.2) is 0 Å². The standard InChI is InChI=1S/C27H30O5/c1-6-31-25(29)27(26(30)32-7-2)15-22(17(3)4)18(5)23(16-27)24(28)21-13-12-19-10-8-9-11-20(19)14-21/h8-15,23-24,28H,3,5-7,16H2,1-2,4H3/t23-,24+/m0/s1. The Morgan fingerprint density at radius 1 is 1.09 bits per heavy atom. The molecule has 0 heterocycles. The molecule has 1 N–H and O–H groups in total. The van der Waals surface area contributed by atoms with E-state index in [0.29, 0.717) is 22.3 Å². The Labute approximate surface area is 189 Å². The van der Waals surface area contributed by atoms with Crippen LogP contribution in [-0.2, 0) is 19.1 Å². The number of benzene rings is 2. The Morgan fingerprint density at radius 2 is 1.69 bits per heavy atom. The van der Waals surface area contributed by atoms with Crippen LogP contribution in [0, 0.1) is 11.3 Å². The van der Waals surface area contributed by atoms with E-state index in [0.717, 1.165) is 10.8 Å². The van der Waals surface area contributed by atoms with Crippen LogP contribution in [-0.4, -0.2) is 30.3 Å². The van der Waals surface area contributed by atoms with Gasteiger partial charge in [0.1, 0.15) is 0 Å². The maximum Gasteiger partial charge on any atom is 0.327 e. The van der Waals surface area contributed by atoms with E-state index in [4.69, 9.17) is 9.47 Å². The lowest BCUT2D eigenvalue weighted by molar-refractivity contribution is -0.170. The van der Waals surface area contributed by atoms with Crippen LogP contribution in [0.5, 0.6) is 0 Å². The smallest absolute Gasteiger partial charge is 0.327 e. The maximum absolute atomic E-state index is 13.1. The van der Waals surface area contributed by atoms with Crippen molar-refractivity contribution in [1.29, 1.82) is 0 Å². The first-order chi connectivity index (χ1) is 15.2. The van der Waals surface area contributed by atoms with Crippen LogP contribution in [0.3, 0.4) is 0 Å². The predicted molar refractivity (Wildman–Crippen MR) is 125 cm³/mol. The van der Waals surface area contributed by atoms with E-state index >= 15 is 0 Å². The minimum atomic E-state index is -1.68. The number of hydrogen-bond acceptors (Lipinski definition) is 5. The molecule has 0 aromatic heterocycles. The summed E-state index contributed by atoms with van der Waals surface area (Å²) in [7, 11) is 0. The van der Waals surface area contributed by atoms with Crippen molar-refractivity contribution in [2.75, 3.05) is 13.2 Å². The molecule has 0 fully saturated rings. The normalized spacial score (nSPS) is 18.6. The van der Waals surface area contributed by atoms with Crippen LogP contribution in [0.25, 0.3) is 10.8 Å². The van der Waals surface area contributed by atoms with Gasteiger partial charge in [-0.1, -0.05) is 55.1 Å². The average Bonchev–Trinajstić information content (AvgIpc) is 2.78. The van der Waals surface area contributed by atoms with E-state index < -0.39 is 29.4 Å². The van der Waals surface area contributed by atoms with Crippen molar-refractivity contribution in [3.8, 4) is 0 Å². The number of carbonyl (C=O) groups excluding carboxylic acids is 2. The van der Waals surface area contributed by atoms with Crippen molar-refractivity contribution in [2.24, 2.45) is 11.3 Å². The molecule has 1 aliphatic rings. The van der Waals surface area contributed by atoms with Crippen LogP contribution >= 0.6 is 0 Å². The number of fused-ring (bicyclic) bond motifs is 1. The van der Waals surface area contributed by atoms with Crippen molar-refractivity contribution >= 4 is 22.7 Å². The number of esters is 2. The summed E-state index contributed by atoms with van der Waals surface area (Å²) in [4.78, 5) is 26.2. The van der Waals surface area contributed by atoms with E-state index in [-0.39, 0.29) is 19.6 Å². The summed E-state index contributed by atoms with van der Waals surface area (Å²) in [5, 5.41) is 13.5. The van der Waals surface area contributed by atoms with Gasteiger partial charge in [-0.2, -0.15) is 0 Å². The molecule has 0 saturated carbocycles. The third-order valence-corrected chi connectivity index (χ3v) is 5.96. The second-order valence-corrected chi connectivity index (χ2v) is 8.14. The van der Waals surface area contributed by atoms with Crippen LogP contribution < -0.4 is 0 Å². The molecule has 2 atom stereocenters. The quantitative estimate of drug-likeness (QED) is 0.487. The largest absolute Gasteiger partial charge is 0.465 e. The van der Waals surface area contributed by atoms with Gasteiger partial charge in [-0.3, -0.25) is 9.59 Å². The molecule has 0 amide bonds. The molecule has 5 heteroatoms. The average molecular weight is 435 g/mol. The third-order valence-electron chi connectivity index (χ3n) is 5.96. The van der Waals surface area contributed by atoms with Gasteiger partial charge in [0.05, 0.1) is 19.3 Å². The molecule has 5 nitrogen and oxygen atoms in total. The lowest BCUT2D eigenvalue weighted by Crippen LogP contribution is -2.45. The number of hydrogen-bond donors (Lipinski definition) is 1. The Kier molecular flexibility index (Phi) is 6.99. The van der Waals surface area contributed by atoms with E-state index in [9.17, 15) is 14.7 Å². The first kappa shape index (κ1) is 23.5. The highest BCUT2D eigenvalue weighted by Crippen LogP contribution is 2.48. The Balaban J connectivity index is 2.11. The zero-order valence-electron chi connectivity index (χ0n) is 18.9. The lowest BCUT2D eigenvalue weighted by Gasteiger charge is -2.39. The van der Waals surface area contributed by atoms with Gasteiger partial charge >= 0.3 is 11.9 Å². The van der Waals surface area contributed by atoms with Crippen LogP contribution in [0.4, 0.5) is 0 Å². The van der Waals surface area contributed by atoms with Crippen LogP contribution in [0.2, 0.25) is 0 Å². The molecule has 0 radical (unpaired) electrons. The van der Waals surface area contributed by atoms with Gasteiger partial charge in [0, 0.05) is 5.92 Å². The zero-order valence-corrected chi connectivity index (χ0v) is 18.9. The number of ether oxygens (including phenoxy) is 2. The van der Waals surface area contributed by atoms with Crippen LogP contribution in [0.15, 0.2) is 78.4 Å². The van der Waals surface area contributed by atoms with E-state index in [1.54, 1.807) is 26.8 Å². The van der Waals surface area contributed by atoms with Crippen molar-refractivity contribution in [3.63, 3.8) is 0 Å². The number of aliphatic hydroxyl groups excluding tert-OH is 1. The fourth-order valence-electron chi connectivity index (χ4n) is 4.28. The van der Waals surface area contributed by atoms with Crippen molar-refractivity contribution in [3.05, 3.63) is 84.0 Å². The summed E-state index contributed by atoms with van der Waals surface area (Å²) >= 11 is 0. The number of allylic oxidation sites excluding steroid dienone is 2. The van der Waals surface area contributed by atoms with E-state index in [1.165, 1.54) is 0 Å². The second-order valence-electron chi connectivity index (χ2n) is 8.14. The number of carbonyl (C=O) groups is 2. The fourth-order valence-corrected chi connectivity index (χ4v) is 4.28. The summed E-state index contributed by atoms with van der Waals surface area (Å²) in [5.74, 6) is -2.00. The number of aliphatic hydroxyl groups is 1. The molecule has 0 spiro atoms. The molecule has 2 aromatic carbocycles. The summed E-state index contributed by atoms with van der Waals surface area (Å²) in [6, 6.07) is 13.6. The first-order valence-corrected chi connectivity index (χ1v) is 10.8. The molecule has 0 saturated heterocycles. The van der Waals surface area contributed by atoms with Gasteiger partial charge in [-0.05, 0) is 66.8 Å². The fraction of sp³-hybridized carbons (Fsp3) is 0.333. The second kappa shape index (κ2) is 9.53. The van der Waals surface area contributed by atoms with Crippen molar-refractivity contribution in [2.45, 2.75) is 33.3 Å². The van der Waals surface area contributed by atoms with Gasteiger partial charge in [-0.15, -0.1) is 0 Å². The molecular formula is C27H30O5. The van der Waals surface area contributed by atoms with Crippen LogP contribution in [0.1, 0.15) is 38.9 Å². The molecule has 168 valence electrons. The van der Waals surface area contributed by atoms with E-state index in [1.807, 2.05) is 42.5 Å². The summed E-state index contributed by atoms with van der Waals surface area (Å²) in [6.07, 6.45) is 0.560. The van der Waals surface area contributed by atoms with Gasteiger partial charge in [0.25, 0.3) is 0 Å². The van der Waals surface area contributed by atoms with Crippen molar-refractivity contribution < 1.29 is 24.2 Å². The Morgan fingerprint density at radius 3 is 2.25 bits per heavy atom. The minimum absolute atomic E-state index is 0.00568. The Bertz CT molecular complexity index is 1080. The lowest BCUT2D eigenvalue weighted by atomic mass is 9.66. The number of rotatable bonds is 7. The molecule has 0 unspecified atom stereocenters. The maximum atomic E-state index is 13.1. The molecular weight excluding hydrogens is 404 g/mol. The minimum Gasteiger partial charge on any atom is -0.465 e. The predicted octanol–water partition coefficient (Wildman–Crippen LogP) is 5.06. The molecule has 3 rings (SSSR count). The first-order valence-electron chi connectivity index (χ1n) is 10.8. The monoisotopic (exact) mass is 434 g/mol. The summed E-state index contributed by atoms with van der Waals surface area (Å²) in [5.41, 5.74) is 0.844. The molecule has 32 heavy (non-hydrogen) atoms. The van der Waals surface area contributed by atoms with Crippen molar-refractivity contribution in [1.82, 2.24) is 0 Å². The molecule has 2 aromatic rings. The van der Waals surface area contributed by atoms with E-state index in [2.05, 4.69) is 13.2 Å². The summed E-state index contributed by atoms with van der Waals surface area (Å²) in [6.45, 7) is 13.6. The highest BCUT2D eigenvalue weighted by Gasteiger charge is 2.53.